The number of aryl methyl sites for hydroxylation is 2. The minimum atomic E-state index is 0.145. The van der Waals surface area contributed by atoms with Gasteiger partial charge >= 0.3 is 0 Å². The lowest BCUT2D eigenvalue weighted by atomic mass is 9.90. The number of nitrogens with zero attached hydrogens (tertiary/aromatic N) is 2. The number of fused-ring (bicyclic) bond motifs is 1. The number of hydrogen-bond donors (Lipinski definition) is 0. The summed E-state index contributed by atoms with van der Waals surface area (Å²) in [6.45, 7) is 5.05. The molecule has 1 amide bonds. The Labute approximate surface area is 214 Å². The molecule has 0 bridgehead atoms. The number of hydrogen-bond acceptors (Lipinski definition) is 2. The van der Waals surface area contributed by atoms with E-state index in [1.165, 1.54) is 11.1 Å². The number of benzene rings is 3. The molecule has 1 aliphatic rings. The zero-order valence-corrected chi connectivity index (χ0v) is 21.2. The van der Waals surface area contributed by atoms with Crippen molar-refractivity contribution in [2.75, 3.05) is 19.7 Å². The van der Waals surface area contributed by atoms with Crippen molar-refractivity contribution in [2.24, 2.45) is 5.92 Å². The lowest BCUT2D eigenvalue weighted by molar-refractivity contribution is 0.0680. The molecule has 0 aliphatic carbocycles. The van der Waals surface area contributed by atoms with Crippen LogP contribution in [0.4, 0.5) is 0 Å². The van der Waals surface area contributed by atoms with Gasteiger partial charge in [-0.15, -0.1) is 0 Å². The van der Waals surface area contributed by atoms with Crippen molar-refractivity contribution in [3.05, 3.63) is 102 Å². The lowest BCUT2D eigenvalue weighted by Crippen LogP contribution is -2.39. The summed E-state index contributed by atoms with van der Waals surface area (Å²) in [5.41, 5.74) is 4.59. The number of aromatic nitrogens is 1. The molecule has 0 N–H and O–H groups in total. The Bertz CT molecular complexity index is 1270. The molecule has 1 aliphatic heterocycles. The summed E-state index contributed by atoms with van der Waals surface area (Å²) in [6.07, 6.45) is 5.18. The number of rotatable bonds is 9. The molecule has 3 aromatic carbocycles. The number of ether oxygens (including phenoxy) is 1. The number of amides is 1. The second kappa shape index (κ2) is 11.5. The molecule has 0 unspecified atom stereocenters. The summed E-state index contributed by atoms with van der Waals surface area (Å²) in [7, 11) is 0. The van der Waals surface area contributed by atoms with Gasteiger partial charge in [-0.3, -0.25) is 4.79 Å². The maximum absolute atomic E-state index is 13.8. The highest BCUT2D eigenvalue weighted by Gasteiger charge is 2.27. The van der Waals surface area contributed by atoms with E-state index in [0.29, 0.717) is 12.5 Å². The Morgan fingerprint density at radius 2 is 1.58 bits per heavy atom. The van der Waals surface area contributed by atoms with Crippen LogP contribution in [0.5, 0.6) is 5.75 Å². The molecule has 4 nitrogen and oxygen atoms in total. The third kappa shape index (κ3) is 5.48. The van der Waals surface area contributed by atoms with Crippen LogP contribution in [0.1, 0.15) is 47.8 Å². The average molecular weight is 481 g/mol. The molecule has 0 spiro atoms. The smallest absolute Gasteiger partial charge is 0.270 e. The van der Waals surface area contributed by atoms with E-state index in [4.69, 9.17) is 4.74 Å². The summed E-state index contributed by atoms with van der Waals surface area (Å²) >= 11 is 0. The van der Waals surface area contributed by atoms with Crippen LogP contribution in [-0.4, -0.2) is 35.1 Å². The second-order valence-corrected chi connectivity index (χ2v) is 9.82. The van der Waals surface area contributed by atoms with Crippen molar-refractivity contribution in [2.45, 2.75) is 45.6 Å². The van der Waals surface area contributed by atoms with Crippen LogP contribution in [0, 0.1) is 5.92 Å². The SMILES string of the molecule is CCOc1cccc2c1cc(C(=O)N1CCC(Cc3ccccc3)CC1)n2CCCc1ccccc1. The number of carbonyl (C=O) groups excluding carboxylic acids is 1. The predicted octanol–water partition coefficient (Wildman–Crippen LogP) is 6.77. The normalized spacial score (nSPS) is 14.3. The molecular weight excluding hydrogens is 444 g/mol. The van der Waals surface area contributed by atoms with Crippen LogP contribution in [-0.2, 0) is 19.4 Å². The van der Waals surface area contributed by atoms with E-state index in [1.54, 1.807) is 0 Å². The fraction of sp³-hybridized carbons (Fsp3) is 0.344. The van der Waals surface area contributed by atoms with Gasteiger partial charge in [-0.05, 0) is 74.3 Å². The van der Waals surface area contributed by atoms with Crippen molar-refractivity contribution < 1.29 is 9.53 Å². The molecule has 186 valence electrons. The molecule has 0 radical (unpaired) electrons. The number of piperidine rings is 1. The van der Waals surface area contributed by atoms with E-state index in [2.05, 4.69) is 82.3 Å². The van der Waals surface area contributed by atoms with Gasteiger partial charge in [0.1, 0.15) is 11.4 Å². The van der Waals surface area contributed by atoms with Gasteiger partial charge in [0.05, 0.1) is 12.1 Å². The Kier molecular flexibility index (Phi) is 7.70. The highest BCUT2D eigenvalue weighted by atomic mass is 16.5. The molecule has 1 aromatic heterocycles. The second-order valence-electron chi connectivity index (χ2n) is 9.82. The minimum Gasteiger partial charge on any atom is -0.493 e. The monoisotopic (exact) mass is 480 g/mol. The van der Waals surface area contributed by atoms with E-state index in [1.807, 2.05) is 19.1 Å². The largest absolute Gasteiger partial charge is 0.493 e. The van der Waals surface area contributed by atoms with Crippen molar-refractivity contribution in [1.29, 1.82) is 0 Å². The van der Waals surface area contributed by atoms with Gasteiger partial charge in [-0.25, -0.2) is 0 Å². The van der Waals surface area contributed by atoms with Gasteiger partial charge in [0.15, 0.2) is 0 Å². The third-order valence-corrected chi connectivity index (χ3v) is 7.38. The molecule has 1 saturated heterocycles. The molecular formula is C32H36N2O2. The standard InChI is InChI=1S/C32H36N2O2/c1-2-36-31-17-9-16-29-28(31)24-30(34(29)20-10-15-25-11-5-3-6-12-25)32(35)33-21-18-27(19-22-33)23-26-13-7-4-8-14-26/h3-9,11-14,16-17,24,27H,2,10,15,18-23H2,1H3. The molecule has 4 heteroatoms. The van der Waals surface area contributed by atoms with Crippen molar-refractivity contribution in [3.8, 4) is 5.75 Å². The summed E-state index contributed by atoms with van der Waals surface area (Å²) in [5.74, 6) is 1.64. The average Bonchev–Trinajstić information content (AvgIpc) is 3.30. The van der Waals surface area contributed by atoms with Gasteiger partial charge in [-0.1, -0.05) is 66.7 Å². The van der Waals surface area contributed by atoms with Gasteiger partial charge < -0.3 is 14.2 Å². The summed E-state index contributed by atoms with van der Waals surface area (Å²) in [5, 5.41) is 1.03. The first kappa shape index (κ1) is 24.2. The van der Waals surface area contributed by atoms with E-state index in [9.17, 15) is 4.79 Å². The topological polar surface area (TPSA) is 34.5 Å². The molecule has 2 heterocycles. The first-order valence-corrected chi connectivity index (χ1v) is 13.3. The Balaban J connectivity index is 1.34. The zero-order valence-electron chi connectivity index (χ0n) is 21.2. The summed E-state index contributed by atoms with van der Waals surface area (Å²) in [6, 6.07) is 29.5. The summed E-state index contributed by atoms with van der Waals surface area (Å²) < 4.78 is 8.14. The predicted molar refractivity (Wildman–Crippen MR) is 147 cm³/mol. The van der Waals surface area contributed by atoms with E-state index < -0.39 is 0 Å². The van der Waals surface area contributed by atoms with Gasteiger partial charge in [0.2, 0.25) is 0 Å². The molecule has 4 aromatic rings. The molecule has 36 heavy (non-hydrogen) atoms. The lowest BCUT2D eigenvalue weighted by Gasteiger charge is -2.32. The van der Waals surface area contributed by atoms with Crippen LogP contribution < -0.4 is 4.74 Å². The van der Waals surface area contributed by atoms with E-state index in [-0.39, 0.29) is 5.91 Å². The Morgan fingerprint density at radius 3 is 2.28 bits per heavy atom. The van der Waals surface area contributed by atoms with Gasteiger partial charge in [0, 0.05) is 25.0 Å². The molecule has 0 saturated carbocycles. The van der Waals surface area contributed by atoms with Crippen LogP contribution >= 0.6 is 0 Å². The third-order valence-electron chi connectivity index (χ3n) is 7.38. The maximum Gasteiger partial charge on any atom is 0.270 e. The Morgan fingerprint density at radius 1 is 0.889 bits per heavy atom. The summed E-state index contributed by atoms with van der Waals surface area (Å²) in [4.78, 5) is 15.9. The molecule has 1 fully saturated rings. The minimum absolute atomic E-state index is 0.145. The van der Waals surface area contributed by atoms with E-state index >= 15 is 0 Å². The highest BCUT2D eigenvalue weighted by molar-refractivity contribution is 6.00. The number of carbonyl (C=O) groups is 1. The van der Waals surface area contributed by atoms with Crippen LogP contribution in [0.25, 0.3) is 10.9 Å². The van der Waals surface area contributed by atoms with Crippen molar-refractivity contribution >= 4 is 16.8 Å². The van der Waals surface area contributed by atoms with E-state index in [0.717, 1.165) is 74.1 Å². The molecule has 5 rings (SSSR count). The maximum atomic E-state index is 13.8. The first-order valence-electron chi connectivity index (χ1n) is 13.3. The quantitative estimate of drug-likeness (QED) is 0.265. The van der Waals surface area contributed by atoms with Crippen LogP contribution in [0.15, 0.2) is 84.9 Å². The number of likely N-dealkylation sites (tertiary alicyclic amines) is 1. The van der Waals surface area contributed by atoms with Crippen LogP contribution in [0.2, 0.25) is 0 Å². The fourth-order valence-electron chi connectivity index (χ4n) is 5.49. The van der Waals surface area contributed by atoms with Crippen LogP contribution in [0.3, 0.4) is 0 Å². The Hall–Kier alpha value is -3.53. The van der Waals surface area contributed by atoms with Gasteiger partial charge in [0.25, 0.3) is 5.91 Å². The van der Waals surface area contributed by atoms with Crippen molar-refractivity contribution in [1.82, 2.24) is 9.47 Å². The first-order chi connectivity index (χ1) is 17.7. The highest BCUT2D eigenvalue weighted by Crippen LogP contribution is 2.31. The van der Waals surface area contributed by atoms with Crippen molar-refractivity contribution in [3.63, 3.8) is 0 Å². The fourth-order valence-corrected chi connectivity index (χ4v) is 5.49. The van der Waals surface area contributed by atoms with Gasteiger partial charge in [-0.2, -0.15) is 0 Å². The molecule has 0 atom stereocenters. The zero-order chi connectivity index (χ0) is 24.7.